The van der Waals surface area contributed by atoms with Crippen LogP contribution < -0.4 is 9.47 Å². The zero-order chi connectivity index (χ0) is 27.3. The lowest BCUT2D eigenvalue weighted by Gasteiger charge is -2.36. The molecule has 1 aliphatic rings. The Kier molecular flexibility index (Phi) is 6.62. The van der Waals surface area contributed by atoms with E-state index in [2.05, 4.69) is 4.74 Å². The summed E-state index contributed by atoms with van der Waals surface area (Å²) in [6.45, 7) is 3.05. The van der Waals surface area contributed by atoms with E-state index < -0.39 is 74.7 Å². The highest BCUT2D eigenvalue weighted by molar-refractivity contribution is 5.77. The van der Waals surface area contributed by atoms with Gasteiger partial charge >= 0.3 is 18.0 Å². The third-order valence-corrected chi connectivity index (χ3v) is 5.95. The first-order chi connectivity index (χ1) is 17.3. The van der Waals surface area contributed by atoms with E-state index in [9.17, 15) is 26.3 Å². The number of ether oxygens (including phenoxy) is 2. The van der Waals surface area contributed by atoms with Crippen molar-refractivity contribution in [3.05, 3.63) is 82.2 Å². The minimum atomic E-state index is -5.44. The van der Waals surface area contributed by atoms with Gasteiger partial charge in [0, 0.05) is 0 Å². The maximum atomic E-state index is 15.3. The predicted octanol–water partition coefficient (Wildman–Crippen LogP) is 8.45. The Labute approximate surface area is 205 Å². The van der Waals surface area contributed by atoms with Crippen LogP contribution in [0.1, 0.15) is 42.5 Å². The Morgan fingerprint density at radius 3 is 1.89 bits per heavy atom. The van der Waals surface area contributed by atoms with Gasteiger partial charge in [0.2, 0.25) is 0 Å². The van der Waals surface area contributed by atoms with E-state index in [0.29, 0.717) is 30.5 Å². The molecule has 0 aromatic heterocycles. The maximum absolute atomic E-state index is 15.3. The number of fused-ring (bicyclic) bond motifs is 3. The molecule has 0 spiro atoms. The van der Waals surface area contributed by atoms with Crippen LogP contribution in [-0.4, -0.2) is 6.61 Å². The Bertz CT molecular complexity index is 1350. The quantitative estimate of drug-likeness (QED) is 0.283. The summed E-state index contributed by atoms with van der Waals surface area (Å²) >= 11 is 0. The molecule has 11 heteroatoms. The van der Waals surface area contributed by atoms with Crippen LogP contribution in [0, 0.1) is 17.5 Å². The number of halogens is 9. The van der Waals surface area contributed by atoms with E-state index in [1.807, 2.05) is 0 Å². The van der Waals surface area contributed by atoms with Crippen LogP contribution >= 0.6 is 0 Å². The first-order valence-electron chi connectivity index (χ1n) is 11.2. The van der Waals surface area contributed by atoms with Gasteiger partial charge in [-0.2, -0.15) is 26.3 Å². The summed E-state index contributed by atoms with van der Waals surface area (Å²) in [6, 6.07) is 5.65. The summed E-state index contributed by atoms with van der Waals surface area (Å²) in [6.07, 6.45) is -3.67. The molecule has 3 aromatic carbocycles. The fourth-order valence-electron chi connectivity index (χ4n) is 4.27. The van der Waals surface area contributed by atoms with E-state index in [4.69, 9.17) is 4.74 Å². The van der Waals surface area contributed by atoms with Crippen molar-refractivity contribution in [3.63, 3.8) is 0 Å². The second-order valence-corrected chi connectivity index (χ2v) is 8.37. The standard InChI is InChI=1S/C26H19F9O2/c1-3-5-13-6-10-18(17(27)12-13)37-26(34,35)16-9-7-14-15-8-11-19(36-4-2)23(29)21(15)25(32,33)24(30,31)20(14)22(16)28/h6-12H,3-5H2,1-2H3. The molecule has 0 atom stereocenters. The molecule has 0 N–H and O–H groups in total. The average molecular weight is 534 g/mol. The zero-order valence-electron chi connectivity index (χ0n) is 19.4. The number of hydrogen-bond acceptors (Lipinski definition) is 2. The normalized spacial score (nSPS) is 15.6. The molecule has 0 amide bonds. The van der Waals surface area contributed by atoms with Crippen LogP contribution in [0.2, 0.25) is 0 Å². The summed E-state index contributed by atoms with van der Waals surface area (Å²) in [5, 5.41) is 0. The summed E-state index contributed by atoms with van der Waals surface area (Å²) in [5.41, 5.74) is -6.91. The molecular weight excluding hydrogens is 515 g/mol. The van der Waals surface area contributed by atoms with E-state index in [0.717, 1.165) is 24.3 Å². The third-order valence-electron chi connectivity index (χ3n) is 5.95. The third kappa shape index (κ3) is 4.18. The molecule has 0 heterocycles. The first kappa shape index (κ1) is 26.7. The van der Waals surface area contributed by atoms with Crippen molar-refractivity contribution in [1.82, 2.24) is 0 Å². The fraction of sp³-hybridized carbons (Fsp3) is 0.308. The monoisotopic (exact) mass is 534 g/mol. The topological polar surface area (TPSA) is 18.5 Å². The van der Waals surface area contributed by atoms with Gasteiger partial charge in [0.1, 0.15) is 11.4 Å². The number of aryl methyl sites for hydroxylation is 1. The largest absolute Gasteiger partial charge is 0.491 e. The van der Waals surface area contributed by atoms with Crippen LogP contribution in [0.3, 0.4) is 0 Å². The molecule has 198 valence electrons. The molecule has 0 saturated carbocycles. The SMILES string of the molecule is CCCc1ccc(OC(F)(F)c2ccc3c(c2F)C(F)(F)C(F)(F)c2c-3ccc(OCC)c2F)c(F)c1. The predicted molar refractivity (Wildman–Crippen MR) is 116 cm³/mol. The number of rotatable bonds is 7. The van der Waals surface area contributed by atoms with Gasteiger partial charge in [0.05, 0.1) is 17.7 Å². The molecule has 0 aliphatic heterocycles. The lowest BCUT2D eigenvalue weighted by atomic mass is 9.79. The first-order valence-corrected chi connectivity index (χ1v) is 11.2. The molecule has 37 heavy (non-hydrogen) atoms. The Hall–Kier alpha value is -3.37. The van der Waals surface area contributed by atoms with E-state index in [1.165, 1.54) is 13.0 Å². The number of benzene rings is 3. The molecular formula is C26H19F9O2. The Morgan fingerprint density at radius 1 is 0.757 bits per heavy atom. The summed E-state index contributed by atoms with van der Waals surface area (Å²) in [4.78, 5) is 0. The minimum Gasteiger partial charge on any atom is -0.491 e. The van der Waals surface area contributed by atoms with Gasteiger partial charge in [-0.25, -0.2) is 13.2 Å². The van der Waals surface area contributed by atoms with E-state index in [1.54, 1.807) is 6.92 Å². The molecule has 0 bridgehead atoms. The Morgan fingerprint density at radius 2 is 1.32 bits per heavy atom. The van der Waals surface area contributed by atoms with Crippen molar-refractivity contribution in [2.75, 3.05) is 6.61 Å². The van der Waals surface area contributed by atoms with Gasteiger partial charge in [0.25, 0.3) is 0 Å². The highest BCUT2D eigenvalue weighted by Crippen LogP contribution is 2.60. The van der Waals surface area contributed by atoms with Crippen LogP contribution in [0.15, 0.2) is 42.5 Å². The molecule has 2 nitrogen and oxygen atoms in total. The van der Waals surface area contributed by atoms with E-state index in [-0.39, 0.29) is 6.61 Å². The minimum absolute atomic E-state index is 0.163. The maximum Gasteiger partial charge on any atom is 0.429 e. The fourth-order valence-corrected chi connectivity index (χ4v) is 4.27. The highest BCUT2D eigenvalue weighted by Gasteiger charge is 2.66. The van der Waals surface area contributed by atoms with Crippen molar-refractivity contribution in [3.8, 4) is 22.6 Å². The van der Waals surface area contributed by atoms with Gasteiger partial charge < -0.3 is 9.47 Å². The summed E-state index contributed by atoms with van der Waals surface area (Å²) in [5.74, 6) is -17.9. The average Bonchev–Trinajstić information content (AvgIpc) is 2.80. The molecule has 4 rings (SSSR count). The van der Waals surface area contributed by atoms with E-state index >= 15 is 13.2 Å². The van der Waals surface area contributed by atoms with Gasteiger partial charge in [-0.3, -0.25) is 0 Å². The molecule has 1 aliphatic carbocycles. The van der Waals surface area contributed by atoms with Crippen molar-refractivity contribution in [1.29, 1.82) is 0 Å². The van der Waals surface area contributed by atoms with Crippen LogP contribution in [0.5, 0.6) is 11.5 Å². The molecule has 0 saturated heterocycles. The second kappa shape index (κ2) is 9.18. The molecule has 0 fully saturated rings. The van der Waals surface area contributed by atoms with Gasteiger partial charge in [-0.1, -0.05) is 25.5 Å². The van der Waals surface area contributed by atoms with Crippen LogP contribution in [0.25, 0.3) is 11.1 Å². The van der Waals surface area contributed by atoms with Crippen molar-refractivity contribution < 1.29 is 49.0 Å². The van der Waals surface area contributed by atoms with Crippen molar-refractivity contribution >= 4 is 0 Å². The Balaban J connectivity index is 1.85. The lowest BCUT2D eigenvalue weighted by molar-refractivity contribution is -0.228. The molecule has 0 unspecified atom stereocenters. The molecule has 0 radical (unpaired) electrons. The lowest BCUT2D eigenvalue weighted by Crippen LogP contribution is -2.41. The van der Waals surface area contributed by atoms with Crippen molar-refractivity contribution in [2.24, 2.45) is 0 Å². The van der Waals surface area contributed by atoms with Gasteiger partial charge in [-0.05, 0) is 60.4 Å². The van der Waals surface area contributed by atoms with Crippen molar-refractivity contribution in [2.45, 2.75) is 44.6 Å². The van der Waals surface area contributed by atoms with Crippen LogP contribution in [-0.2, 0) is 24.4 Å². The van der Waals surface area contributed by atoms with Gasteiger partial charge in [0.15, 0.2) is 23.1 Å². The summed E-state index contributed by atoms with van der Waals surface area (Å²) < 4.78 is 143. The second-order valence-electron chi connectivity index (χ2n) is 8.37. The smallest absolute Gasteiger partial charge is 0.429 e. The zero-order valence-corrected chi connectivity index (χ0v) is 19.4. The molecule has 3 aromatic rings. The number of hydrogen-bond donors (Lipinski definition) is 0. The summed E-state index contributed by atoms with van der Waals surface area (Å²) in [7, 11) is 0. The van der Waals surface area contributed by atoms with Crippen LogP contribution in [0.4, 0.5) is 39.5 Å². The highest BCUT2D eigenvalue weighted by atomic mass is 19.3. The van der Waals surface area contributed by atoms with Gasteiger partial charge in [-0.15, -0.1) is 0 Å². The number of alkyl halides is 6.